The SMILES string of the molecule is O=C(N[C@@H]1COC[C@H]1Cc1ccncc1)c1ccn(C(F)F)n1. The summed E-state index contributed by atoms with van der Waals surface area (Å²) in [4.78, 5) is 16.1. The zero-order chi connectivity index (χ0) is 16.2. The Morgan fingerprint density at radius 2 is 2.13 bits per heavy atom. The van der Waals surface area contributed by atoms with Gasteiger partial charge in [0, 0.05) is 24.5 Å². The van der Waals surface area contributed by atoms with Gasteiger partial charge in [-0.1, -0.05) is 0 Å². The molecule has 1 N–H and O–H groups in total. The standard InChI is InChI=1S/C15H16F2N4O2/c16-15(17)21-6-3-12(20-21)14(22)19-13-9-23-8-11(13)7-10-1-4-18-5-2-10/h1-6,11,13,15H,7-9H2,(H,19,22)/t11-,13-/m1/s1. The summed E-state index contributed by atoms with van der Waals surface area (Å²) in [6.45, 7) is -1.82. The molecule has 0 unspecified atom stereocenters. The summed E-state index contributed by atoms with van der Waals surface area (Å²) in [7, 11) is 0. The number of carbonyl (C=O) groups excluding carboxylic acids is 1. The predicted molar refractivity (Wildman–Crippen MR) is 77.0 cm³/mol. The van der Waals surface area contributed by atoms with Crippen molar-refractivity contribution in [3.05, 3.63) is 48.0 Å². The smallest absolute Gasteiger partial charge is 0.333 e. The molecule has 8 heteroatoms. The zero-order valence-corrected chi connectivity index (χ0v) is 12.2. The van der Waals surface area contributed by atoms with E-state index in [0.29, 0.717) is 17.9 Å². The Bertz CT molecular complexity index is 663. The fourth-order valence-corrected chi connectivity index (χ4v) is 2.59. The van der Waals surface area contributed by atoms with Crippen LogP contribution < -0.4 is 5.32 Å². The Morgan fingerprint density at radius 3 is 2.83 bits per heavy atom. The van der Waals surface area contributed by atoms with Gasteiger partial charge in [0.15, 0.2) is 0 Å². The molecular formula is C15H16F2N4O2. The second kappa shape index (κ2) is 6.82. The first-order chi connectivity index (χ1) is 11.1. The summed E-state index contributed by atoms with van der Waals surface area (Å²) in [6.07, 6.45) is 5.27. The van der Waals surface area contributed by atoms with Crippen LogP contribution in [-0.2, 0) is 11.2 Å². The Morgan fingerprint density at radius 1 is 1.35 bits per heavy atom. The minimum Gasteiger partial charge on any atom is -0.379 e. The van der Waals surface area contributed by atoms with Gasteiger partial charge in [0.05, 0.1) is 19.3 Å². The Balaban J connectivity index is 1.62. The maximum atomic E-state index is 12.5. The molecule has 0 radical (unpaired) electrons. The van der Waals surface area contributed by atoms with Crippen molar-refractivity contribution in [2.75, 3.05) is 13.2 Å². The van der Waals surface area contributed by atoms with E-state index in [9.17, 15) is 13.6 Å². The molecule has 23 heavy (non-hydrogen) atoms. The first-order valence-corrected chi connectivity index (χ1v) is 7.24. The van der Waals surface area contributed by atoms with Crippen molar-refractivity contribution < 1.29 is 18.3 Å². The van der Waals surface area contributed by atoms with Crippen LogP contribution in [-0.4, -0.2) is 39.9 Å². The summed E-state index contributed by atoms with van der Waals surface area (Å²) < 4.78 is 30.9. The average molecular weight is 322 g/mol. The van der Waals surface area contributed by atoms with Crippen LogP contribution in [0.1, 0.15) is 22.6 Å². The Kier molecular flexibility index (Phi) is 4.61. The summed E-state index contributed by atoms with van der Waals surface area (Å²) in [5.74, 6) is -0.349. The van der Waals surface area contributed by atoms with Gasteiger partial charge in [0.25, 0.3) is 5.91 Å². The number of ether oxygens (including phenoxy) is 1. The Labute approximate surface area is 131 Å². The summed E-state index contributed by atoms with van der Waals surface area (Å²) in [6, 6.07) is 4.94. The molecule has 0 aromatic carbocycles. The topological polar surface area (TPSA) is 69.0 Å². The molecule has 1 saturated heterocycles. The molecule has 1 amide bonds. The monoisotopic (exact) mass is 322 g/mol. The molecule has 2 atom stereocenters. The van der Waals surface area contributed by atoms with Crippen LogP contribution in [0.15, 0.2) is 36.8 Å². The number of rotatable bonds is 5. The lowest BCUT2D eigenvalue weighted by Crippen LogP contribution is -2.40. The summed E-state index contributed by atoms with van der Waals surface area (Å²) in [5, 5.41) is 6.38. The molecule has 0 spiro atoms. The maximum Gasteiger partial charge on any atom is 0.333 e. The van der Waals surface area contributed by atoms with Crippen molar-refractivity contribution in [2.24, 2.45) is 5.92 Å². The third kappa shape index (κ3) is 3.70. The van der Waals surface area contributed by atoms with Crippen LogP contribution in [0.2, 0.25) is 0 Å². The molecule has 122 valence electrons. The van der Waals surface area contributed by atoms with E-state index in [4.69, 9.17) is 4.74 Å². The highest BCUT2D eigenvalue weighted by molar-refractivity contribution is 5.92. The predicted octanol–water partition coefficient (Wildman–Crippen LogP) is 1.66. The lowest BCUT2D eigenvalue weighted by atomic mass is 9.95. The molecule has 1 fully saturated rings. The van der Waals surface area contributed by atoms with Gasteiger partial charge in [-0.05, 0) is 30.2 Å². The van der Waals surface area contributed by atoms with Gasteiger partial charge in [-0.15, -0.1) is 0 Å². The van der Waals surface area contributed by atoms with E-state index in [1.54, 1.807) is 12.4 Å². The number of nitrogens with zero attached hydrogens (tertiary/aromatic N) is 3. The number of aromatic nitrogens is 3. The fraction of sp³-hybridized carbons (Fsp3) is 0.400. The average Bonchev–Trinajstić information content (AvgIpc) is 3.18. The van der Waals surface area contributed by atoms with E-state index in [-0.39, 0.29) is 17.7 Å². The molecule has 0 aliphatic carbocycles. The van der Waals surface area contributed by atoms with Crippen molar-refractivity contribution in [2.45, 2.75) is 19.0 Å². The summed E-state index contributed by atoms with van der Waals surface area (Å²) >= 11 is 0. The minimum absolute atomic E-state index is 0.0279. The van der Waals surface area contributed by atoms with E-state index in [2.05, 4.69) is 15.4 Å². The lowest BCUT2D eigenvalue weighted by molar-refractivity contribution is 0.0559. The number of halogens is 2. The van der Waals surface area contributed by atoms with Gasteiger partial charge in [-0.3, -0.25) is 9.78 Å². The van der Waals surface area contributed by atoms with Gasteiger partial charge in [-0.2, -0.15) is 13.9 Å². The summed E-state index contributed by atoms with van der Waals surface area (Å²) in [5.41, 5.74) is 1.08. The van der Waals surface area contributed by atoms with E-state index in [1.807, 2.05) is 12.1 Å². The first kappa shape index (κ1) is 15.5. The fourth-order valence-electron chi connectivity index (χ4n) is 2.59. The normalized spacial score (nSPS) is 20.8. The molecule has 3 rings (SSSR count). The number of hydrogen-bond donors (Lipinski definition) is 1. The molecule has 6 nitrogen and oxygen atoms in total. The molecule has 3 heterocycles. The lowest BCUT2D eigenvalue weighted by Gasteiger charge is -2.18. The highest BCUT2D eigenvalue weighted by Crippen LogP contribution is 2.19. The van der Waals surface area contributed by atoms with Gasteiger partial charge < -0.3 is 10.1 Å². The van der Waals surface area contributed by atoms with Gasteiger partial charge in [0.1, 0.15) is 5.69 Å². The van der Waals surface area contributed by atoms with E-state index in [1.165, 1.54) is 6.07 Å². The third-order valence-electron chi connectivity index (χ3n) is 3.80. The van der Waals surface area contributed by atoms with Crippen LogP contribution >= 0.6 is 0 Å². The van der Waals surface area contributed by atoms with Crippen LogP contribution in [0.5, 0.6) is 0 Å². The van der Waals surface area contributed by atoms with Crippen LogP contribution in [0.4, 0.5) is 8.78 Å². The van der Waals surface area contributed by atoms with Crippen molar-refractivity contribution in [3.63, 3.8) is 0 Å². The van der Waals surface area contributed by atoms with Crippen LogP contribution in [0.3, 0.4) is 0 Å². The van der Waals surface area contributed by atoms with Crippen LogP contribution in [0.25, 0.3) is 0 Å². The maximum absolute atomic E-state index is 12.5. The van der Waals surface area contributed by atoms with Crippen molar-refractivity contribution in [3.8, 4) is 0 Å². The molecule has 2 aromatic heterocycles. The van der Waals surface area contributed by atoms with Crippen molar-refractivity contribution >= 4 is 5.91 Å². The zero-order valence-electron chi connectivity index (χ0n) is 12.2. The van der Waals surface area contributed by atoms with Gasteiger partial charge in [0.2, 0.25) is 0 Å². The van der Waals surface area contributed by atoms with Gasteiger partial charge >= 0.3 is 6.55 Å². The number of alkyl halides is 2. The second-order valence-corrected chi connectivity index (χ2v) is 5.40. The van der Waals surface area contributed by atoms with Crippen LogP contribution in [0, 0.1) is 5.92 Å². The minimum atomic E-state index is -2.76. The molecule has 2 aromatic rings. The Hall–Kier alpha value is -2.35. The van der Waals surface area contributed by atoms with E-state index in [0.717, 1.165) is 18.2 Å². The highest BCUT2D eigenvalue weighted by Gasteiger charge is 2.30. The van der Waals surface area contributed by atoms with E-state index < -0.39 is 12.5 Å². The third-order valence-corrected chi connectivity index (χ3v) is 3.80. The highest BCUT2D eigenvalue weighted by atomic mass is 19.3. The number of amides is 1. The quantitative estimate of drug-likeness (QED) is 0.909. The largest absolute Gasteiger partial charge is 0.379 e. The number of hydrogen-bond acceptors (Lipinski definition) is 4. The van der Waals surface area contributed by atoms with Gasteiger partial charge in [-0.25, -0.2) is 4.68 Å². The second-order valence-electron chi connectivity index (χ2n) is 5.40. The number of carbonyl (C=O) groups is 1. The molecule has 1 aliphatic heterocycles. The van der Waals surface area contributed by atoms with E-state index >= 15 is 0 Å². The van der Waals surface area contributed by atoms with Crippen molar-refractivity contribution in [1.82, 2.24) is 20.1 Å². The van der Waals surface area contributed by atoms with Crippen molar-refractivity contribution in [1.29, 1.82) is 0 Å². The molecule has 0 saturated carbocycles. The molecule has 0 bridgehead atoms. The first-order valence-electron chi connectivity index (χ1n) is 7.24. The number of pyridine rings is 1. The molecule has 1 aliphatic rings. The molecular weight excluding hydrogens is 306 g/mol. The number of nitrogens with one attached hydrogen (secondary N) is 1.